The van der Waals surface area contributed by atoms with Crippen LogP contribution in [-0.2, 0) is 17.8 Å². The normalized spacial score (nSPS) is 15.4. The van der Waals surface area contributed by atoms with Crippen molar-refractivity contribution in [2.45, 2.75) is 38.8 Å². The first-order valence-corrected chi connectivity index (χ1v) is 9.72. The summed E-state index contributed by atoms with van der Waals surface area (Å²) in [5.74, 6) is 0.842. The second-order valence-electron chi connectivity index (χ2n) is 7.41. The zero-order valence-electron chi connectivity index (χ0n) is 16.9. The Bertz CT molecular complexity index is 727. The Balaban J connectivity index is 0.00000280. The van der Waals surface area contributed by atoms with Gasteiger partial charge in [-0.1, -0.05) is 36.8 Å². The quantitative estimate of drug-likeness (QED) is 0.317. The minimum atomic E-state index is 0. The molecule has 0 bridgehead atoms. The molecule has 7 heteroatoms. The third kappa shape index (κ3) is 6.48. The number of aromatic nitrogens is 2. The lowest BCUT2D eigenvalue weighted by Crippen LogP contribution is -2.46. The van der Waals surface area contributed by atoms with Gasteiger partial charge in [-0.05, 0) is 30.2 Å². The highest BCUT2D eigenvalue weighted by atomic mass is 127. The molecule has 1 aromatic carbocycles. The third-order valence-electron chi connectivity index (χ3n) is 5.44. The van der Waals surface area contributed by atoms with Gasteiger partial charge in [0, 0.05) is 45.6 Å². The average Bonchev–Trinajstić information content (AvgIpc) is 3.11. The maximum Gasteiger partial charge on any atom is 0.191 e. The molecule has 0 aliphatic heterocycles. The third-order valence-corrected chi connectivity index (χ3v) is 5.44. The molecule has 0 spiro atoms. The Hall–Kier alpha value is -1.61. The van der Waals surface area contributed by atoms with Gasteiger partial charge in [0.25, 0.3) is 0 Å². The first kappa shape index (κ1) is 22.7. The van der Waals surface area contributed by atoms with Gasteiger partial charge >= 0.3 is 0 Å². The number of nitrogens with one attached hydrogen (secondary N) is 2. The number of methoxy groups -OCH3 is 1. The van der Waals surface area contributed by atoms with Crippen LogP contribution in [0.1, 0.15) is 36.8 Å². The van der Waals surface area contributed by atoms with Crippen LogP contribution in [0.3, 0.4) is 0 Å². The zero-order valence-corrected chi connectivity index (χ0v) is 19.2. The number of aliphatic imine (C=N–C) groups is 1. The smallest absolute Gasteiger partial charge is 0.191 e. The van der Waals surface area contributed by atoms with Crippen molar-refractivity contribution >= 4 is 29.9 Å². The van der Waals surface area contributed by atoms with Crippen LogP contribution in [0.5, 0.6) is 0 Å². The van der Waals surface area contributed by atoms with Gasteiger partial charge in [-0.3, -0.25) is 9.67 Å². The van der Waals surface area contributed by atoms with E-state index < -0.39 is 0 Å². The molecule has 2 N–H and O–H groups in total. The number of hydrogen-bond acceptors (Lipinski definition) is 3. The van der Waals surface area contributed by atoms with Crippen LogP contribution in [0.2, 0.25) is 0 Å². The highest BCUT2D eigenvalue weighted by Gasteiger charge is 2.36. The molecular weight excluding hydrogens is 465 g/mol. The fourth-order valence-corrected chi connectivity index (χ4v) is 3.54. The van der Waals surface area contributed by atoms with Crippen LogP contribution in [0, 0.1) is 5.41 Å². The minimum Gasteiger partial charge on any atom is -0.385 e. The summed E-state index contributed by atoms with van der Waals surface area (Å²) in [5, 5.41) is 11.3. The van der Waals surface area contributed by atoms with Gasteiger partial charge in [0.15, 0.2) is 5.96 Å². The standard InChI is InChI=1S/C21H31N5O.HI/c1-22-20(24-17-21(9-6-10-21)11-12-27-2)23-13-19-14-25-26(16-19)15-18-7-4-3-5-8-18;/h3-5,7-8,14,16H,6,9-13,15,17H2,1-2H3,(H2,22,23,24);1H. The molecule has 1 saturated carbocycles. The van der Waals surface area contributed by atoms with E-state index in [9.17, 15) is 0 Å². The Labute approximate surface area is 185 Å². The topological polar surface area (TPSA) is 63.5 Å². The Kier molecular flexibility index (Phi) is 9.24. The van der Waals surface area contributed by atoms with Crippen LogP contribution in [0.25, 0.3) is 0 Å². The maximum atomic E-state index is 5.27. The van der Waals surface area contributed by atoms with E-state index in [4.69, 9.17) is 4.74 Å². The predicted molar refractivity (Wildman–Crippen MR) is 124 cm³/mol. The van der Waals surface area contributed by atoms with Crippen molar-refractivity contribution in [2.24, 2.45) is 10.4 Å². The van der Waals surface area contributed by atoms with E-state index in [0.717, 1.165) is 37.6 Å². The summed E-state index contributed by atoms with van der Waals surface area (Å²) in [5.41, 5.74) is 2.76. The first-order valence-electron chi connectivity index (χ1n) is 9.72. The molecule has 0 atom stereocenters. The summed E-state index contributed by atoms with van der Waals surface area (Å²) in [7, 11) is 3.59. The molecule has 0 unspecified atom stereocenters. The Morgan fingerprint density at radius 1 is 1.21 bits per heavy atom. The number of hydrogen-bond donors (Lipinski definition) is 2. The van der Waals surface area contributed by atoms with Crippen LogP contribution in [-0.4, -0.2) is 43.0 Å². The van der Waals surface area contributed by atoms with Gasteiger partial charge in [-0.15, -0.1) is 24.0 Å². The van der Waals surface area contributed by atoms with Gasteiger partial charge in [0.05, 0.1) is 12.7 Å². The molecule has 1 aliphatic rings. The van der Waals surface area contributed by atoms with Crippen molar-refractivity contribution in [2.75, 3.05) is 27.3 Å². The van der Waals surface area contributed by atoms with Gasteiger partial charge in [0.2, 0.25) is 0 Å². The van der Waals surface area contributed by atoms with Crippen LogP contribution in [0.4, 0.5) is 0 Å². The van der Waals surface area contributed by atoms with Crippen molar-refractivity contribution in [3.05, 3.63) is 53.9 Å². The molecule has 1 aliphatic carbocycles. The molecule has 0 radical (unpaired) electrons. The number of benzene rings is 1. The summed E-state index contributed by atoms with van der Waals surface area (Å²) < 4.78 is 7.24. The highest BCUT2D eigenvalue weighted by molar-refractivity contribution is 14.0. The number of ether oxygens (including phenoxy) is 1. The van der Waals surface area contributed by atoms with E-state index in [1.54, 1.807) is 7.11 Å². The van der Waals surface area contributed by atoms with Crippen molar-refractivity contribution in [3.8, 4) is 0 Å². The van der Waals surface area contributed by atoms with Crippen molar-refractivity contribution < 1.29 is 4.74 Å². The summed E-state index contributed by atoms with van der Waals surface area (Å²) in [4.78, 5) is 4.36. The van der Waals surface area contributed by atoms with E-state index in [1.165, 1.54) is 24.8 Å². The monoisotopic (exact) mass is 497 g/mol. The van der Waals surface area contributed by atoms with E-state index in [2.05, 4.69) is 51.2 Å². The second kappa shape index (κ2) is 11.4. The Morgan fingerprint density at radius 2 is 2.00 bits per heavy atom. The van der Waals surface area contributed by atoms with E-state index in [-0.39, 0.29) is 24.0 Å². The lowest BCUT2D eigenvalue weighted by atomic mass is 9.67. The highest BCUT2D eigenvalue weighted by Crippen LogP contribution is 2.43. The van der Waals surface area contributed by atoms with Crippen molar-refractivity contribution in [3.63, 3.8) is 0 Å². The van der Waals surface area contributed by atoms with Crippen LogP contribution < -0.4 is 10.6 Å². The van der Waals surface area contributed by atoms with E-state index in [1.807, 2.05) is 24.0 Å². The molecule has 0 amide bonds. The molecule has 6 nitrogen and oxygen atoms in total. The summed E-state index contributed by atoms with van der Waals surface area (Å²) in [6.07, 6.45) is 8.96. The second-order valence-corrected chi connectivity index (χ2v) is 7.41. The average molecular weight is 497 g/mol. The largest absolute Gasteiger partial charge is 0.385 e. The molecule has 3 rings (SSSR count). The van der Waals surface area contributed by atoms with Gasteiger partial charge < -0.3 is 15.4 Å². The van der Waals surface area contributed by atoms with Crippen LogP contribution >= 0.6 is 24.0 Å². The zero-order chi connectivity index (χ0) is 19.0. The van der Waals surface area contributed by atoms with Crippen molar-refractivity contribution in [1.29, 1.82) is 0 Å². The fourth-order valence-electron chi connectivity index (χ4n) is 3.54. The number of guanidine groups is 1. The number of rotatable bonds is 9. The van der Waals surface area contributed by atoms with E-state index >= 15 is 0 Å². The predicted octanol–water partition coefficient (Wildman–Crippen LogP) is 3.42. The minimum absolute atomic E-state index is 0. The number of halogens is 1. The molecule has 28 heavy (non-hydrogen) atoms. The lowest BCUT2D eigenvalue weighted by molar-refractivity contribution is 0.0732. The molecule has 154 valence electrons. The van der Waals surface area contributed by atoms with Crippen molar-refractivity contribution in [1.82, 2.24) is 20.4 Å². The molecule has 1 aromatic heterocycles. The lowest BCUT2D eigenvalue weighted by Gasteiger charge is -2.42. The Morgan fingerprint density at radius 3 is 2.64 bits per heavy atom. The molecule has 0 saturated heterocycles. The maximum absolute atomic E-state index is 5.27. The summed E-state index contributed by atoms with van der Waals surface area (Å²) in [6.45, 7) is 3.27. The summed E-state index contributed by atoms with van der Waals surface area (Å²) >= 11 is 0. The SMILES string of the molecule is CN=C(NCc1cnn(Cc2ccccc2)c1)NCC1(CCOC)CCC1.I. The van der Waals surface area contributed by atoms with Gasteiger partial charge in [-0.2, -0.15) is 5.10 Å². The molecule has 1 fully saturated rings. The molecule has 2 aromatic rings. The first-order chi connectivity index (χ1) is 13.2. The van der Waals surface area contributed by atoms with Crippen LogP contribution in [0.15, 0.2) is 47.7 Å². The number of nitrogens with zero attached hydrogens (tertiary/aromatic N) is 3. The fraction of sp³-hybridized carbons (Fsp3) is 0.524. The summed E-state index contributed by atoms with van der Waals surface area (Å²) in [6, 6.07) is 10.4. The van der Waals surface area contributed by atoms with Gasteiger partial charge in [0.1, 0.15) is 0 Å². The van der Waals surface area contributed by atoms with Gasteiger partial charge in [-0.25, -0.2) is 0 Å². The molecule has 1 heterocycles. The molecular formula is C21H32IN5O. The van der Waals surface area contributed by atoms with E-state index in [0.29, 0.717) is 12.0 Å².